The Morgan fingerprint density at radius 1 is 1.22 bits per heavy atom. The second-order valence-corrected chi connectivity index (χ2v) is 7.85. The van der Waals surface area contributed by atoms with Crippen LogP contribution in [0.2, 0.25) is 5.02 Å². The number of amides is 1. The van der Waals surface area contributed by atoms with Gasteiger partial charge in [-0.1, -0.05) is 11.6 Å². The predicted molar refractivity (Wildman–Crippen MR) is 93.8 cm³/mol. The number of halogens is 3. The summed E-state index contributed by atoms with van der Waals surface area (Å²) in [5.74, 6) is -4.35. The van der Waals surface area contributed by atoms with Crippen LogP contribution < -0.4 is 14.2 Å². The molecule has 1 amide bonds. The van der Waals surface area contributed by atoms with Crippen LogP contribution in [0, 0.1) is 11.6 Å². The molecule has 0 aliphatic carbocycles. The number of ether oxygens (including phenoxy) is 2. The second kappa shape index (κ2) is 8.05. The highest BCUT2D eigenvalue weighted by atomic mass is 35.5. The Labute approximate surface area is 159 Å². The molecule has 2 rings (SSSR count). The Kier molecular flexibility index (Phi) is 6.22. The third kappa shape index (κ3) is 5.76. The summed E-state index contributed by atoms with van der Waals surface area (Å²) in [6, 6.07) is 2.55. The zero-order valence-corrected chi connectivity index (χ0v) is 16.0. The molecule has 2 aromatic rings. The summed E-state index contributed by atoms with van der Waals surface area (Å²) in [5, 5.41) is 0.0752. The van der Waals surface area contributed by atoms with Gasteiger partial charge >= 0.3 is 0 Å². The van der Waals surface area contributed by atoms with Crippen LogP contribution in [0.1, 0.15) is 24.2 Å². The first-order chi connectivity index (χ1) is 12.5. The van der Waals surface area contributed by atoms with E-state index >= 15 is 0 Å². The van der Waals surface area contributed by atoms with Crippen molar-refractivity contribution in [3.63, 3.8) is 0 Å². The number of benzene rings is 1. The van der Waals surface area contributed by atoms with Crippen molar-refractivity contribution < 1.29 is 31.5 Å². The molecule has 0 fully saturated rings. The van der Waals surface area contributed by atoms with E-state index in [-0.39, 0.29) is 22.8 Å². The molecule has 0 saturated heterocycles. The fraction of sp³-hybridized carbons (Fsp3) is 0.250. The van der Waals surface area contributed by atoms with Gasteiger partial charge in [-0.05, 0) is 26.0 Å². The van der Waals surface area contributed by atoms with E-state index in [2.05, 4.69) is 4.98 Å². The Morgan fingerprint density at radius 2 is 1.81 bits per heavy atom. The molecule has 11 heteroatoms. The zero-order chi connectivity index (χ0) is 20.4. The van der Waals surface area contributed by atoms with Crippen LogP contribution in [0.4, 0.5) is 8.78 Å². The van der Waals surface area contributed by atoms with Crippen LogP contribution in [0.15, 0.2) is 24.4 Å². The van der Waals surface area contributed by atoms with Crippen molar-refractivity contribution in [1.82, 2.24) is 9.71 Å². The molecule has 0 saturated carbocycles. The lowest BCUT2D eigenvalue weighted by molar-refractivity contribution is 0.0980. The highest BCUT2D eigenvalue weighted by Crippen LogP contribution is 2.32. The van der Waals surface area contributed by atoms with Crippen LogP contribution in [0.25, 0.3) is 0 Å². The van der Waals surface area contributed by atoms with Crippen molar-refractivity contribution in [3.8, 4) is 17.4 Å². The number of nitrogens with zero attached hydrogens (tertiary/aromatic N) is 1. The molecule has 0 aliphatic heterocycles. The number of hydrogen-bond acceptors (Lipinski definition) is 6. The van der Waals surface area contributed by atoms with Crippen LogP contribution in [0.5, 0.6) is 17.4 Å². The summed E-state index contributed by atoms with van der Waals surface area (Å²) in [7, 11) is -3.88. The average Bonchev–Trinajstić information content (AvgIpc) is 2.51. The van der Waals surface area contributed by atoms with Gasteiger partial charge in [0.1, 0.15) is 10.8 Å². The van der Waals surface area contributed by atoms with Crippen molar-refractivity contribution in [2.24, 2.45) is 0 Å². The number of aromatic nitrogens is 1. The van der Waals surface area contributed by atoms with Gasteiger partial charge in [0.25, 0.3) is 5.91 Å². The maximum Gasteiger partial charge on any atom is 0.264 e. The number of pyridine rings is 1. The first-order valence-electron chi connectivity index (χ1n) is 7.47. The van der Waals surface area contributed by atoms with Gasteiger partial charge in [-0.15, -0.1) is 0 Å². The van der Waals surface area contributed by atoms with Crippen molar-refractivity contribution >= 4 is 27.5 Å². The number of sulfonamides is 1. The Bertz CT molecular complexity index is 960. The lowest BCUT2D eigenvalue weighted by atomic mass is 10.2. The van der Waals surface area contributed by atoms with Gasteiger partial charge in [0.15, 0.2) is 17.4 Å². The first-order valence-corrected chi connectivity index (χ1v) is 9.74. The molecule has 146 valence electrons. The van der Waals surface area contributed by atoms with E-state index in [1.165, 1.54) is 6.07 Å². The minimum Gasteiger partial charge on any atom is -0.474 e. The molecule has 0 atom stereocenters. The molecule has 27 heavy (non-hydrogen) atoms. The maximum atomic E-state index is 14.2. The smallest absolute Gasteiger partial charge is 0.264 e. The molecule has 1 aromatic heterocycles. The van der Waals surface area contributed by atoms with Gasteiger partial charge in [0.05, 0.1) is 18.6 Å². The number of nitrogens with one attached hydrogen (secondary N) is 1. The van der Waals surface area contributed by atoms with E-state index in [1.807, 2.05) is 0 Å². The van der Waals surface area contributed by atoms with Crippen LogP contribution >= 0.6 is 11.6 Å². The largest absolute Gasteiger partial charge is 0.474 e. The lowest BCUT2D eigenvalue weighted by Crippen LogP contribution is -2.29. The minimum absolute atomic E-state index is 0.0674. The monoisotopic (exact) mass is 420 g/mol. The number of hydrogen-bond donors (Lipinski definition) is 1. The van der Waals surface area contributed by atoms with Crippen molar-refractivity contribution in [3.05, 3.63) is 46.6 Å². The van der Waals surface area contributed by atoms with E-state index in [1.54, 1.807) is 18.6 Å². The first kappa shape index (κ1) is 20.8. The molecule has 0 aliphatic rings. The van der Waals surface area contributed by atoms with Crippen LogP contribution in [-0.4, -0.2) is 31.7 Å². The molecule has 0 radical (unpaired) electrons. The zero-order valence-electron chi connectivity index (χ0n) is 14.4. The molecule has 0 bridgehead atoms. The molecule has 0 spiro atoms. The average molecular weight is 421 g/mol. The van der Waals surface area contributed by atoms with Crippen LogP contribution in [0.3, 0.4) is 0 Å². The highest BCUT2D eigenvalue weighted by Gasteiger charge is 2.19. The van der Waals surface area contributed by atoms with Crippen molar-refractivity contribution in [1.29, 1.82) is 0 Å². The Hall–Kier alpha value is -2.46. The summed E-state index contributed by atoms with van der Waals surface area (Å²) in [6.45, 7) is 3.54. The maximum absolute atomic E-state index is 14.2. The van der Waals surface area contributed by atoms with Gasteiger partial charge < -0.3 is 9.47 Å². The lowest BCUT2D eigenvalue weighted by Gasteiger charge is -2.12. The van der Waals surface area contributed by atoms with Gasteiger partial charge in [-0.2, -0.15) is 0 Å². The van der Waals surface area contributed by atoms with Gasteiger partial charge in [-0.25, -0.2) is 26.9 Å². The fourth-order valence-electron chi connectivity index (χ4n) is 1.91. The number of carbonyl (C=O) groups excluding carboxylic acids is 1. The third-order valence-electron chi connectivity index (χ3n) is 2.89. The molecular weight excluding hydrogens is 406 g/mol. The molecular formula is C16H15ClF2N2O5S. The fourth-order valence-corrected chi connectivity index (χ4v) is 2.56. The quantitative estimate of drug-likeness (QED) is 0.770. The summed E-state index contributed by atoms with van der Waals surface area (Å²) >= 11 is 5.98. The Balaban J connectivity index is 2.27. The van der Waals surface area contributed by atoms with Crippen molar-refractivity contribution in [2.45, 2.75) is 20.0 Å². The normalized spacial score (nSPS) is 11.4. The van der Waals surface area contributed by atoms with E-state index < -0.39 is 38.9 Å². The number of carbonyl (C=O) groups is 1. The SMILES string of the molecule is CC(C)Oc1ncc(Oc2c(F)cc(C(=O)NS(C)(=O)=O)cc2F)cc1Cl. The summed E-state index contributed by atoms with van der Waals surface area (Å²) in [6.07, 6.45) is 1.72. The third-order valence-corrected chi connectivity index (χ3v) is 3.72. The van der Waals surface area contributed by atoms with Gasteiger partial charge in [-0.3, -0.25) is 4.79 Å². The molecule has 1 aromatic carbocycles. The standard InChI is InChI=1S/C16H15ClF2N2O5S/c1-8(2)25-16-11(17)6-10(7-20-16)26-14-12(18)4-9(5-13(14)19)15(22)21-27(3,23)24/h4-8H,1-3H3,(H,21,22). The summed E-state index contributed by atoms with van der Waals surface area (Å²) < 4.78 is 62.5. The molecule has 0 unspecified atom stereocenters. The van der Waals surface area contributed by atoms with Gasteiger partial charge in [0, 0.05) is 11.6 Å². The topological polar surface area (TPSA) is 94.6 Å². The molecule has 7 nitrogen and oxygen atoms in total. The molecule has 1 N–H and O–H groups in total. The number of rotatable bonds is 6. The van der Waals surface area contributed by atoms with E-state index in [4.69, 9.17) is 21.1 Å². The predicted octanol–water partition coefficient (Wildman–Crippen LogP) is 3.28. The van der Waals surface area contributed by atoms with Gasteiger partial charge in [0.2, 0.25) is 15.9 Å². The minimum atomic E-state index is -3.88. The van der Waals surface area contributed by atoms with E-state index in [0.717, 1.165) is 12.5 Å². The van der Waals surface area contributed by atoms with Crippen LogP contribution in [-0.2, 0) is 10.0 Å². The van der Waals surface area contributed by atoms with E-state index in [9.17, 15) is 22.0 Å². The summed E-state index contributed by atoms with van der Waals surface area (Å²) in [5.41, 5.74) is -0.528. The summed E-state index contributed by atoms with van der Waals surface area (Å²) in [4.78, 5) is 15.6. The van der Waals surface area contributed by atoms with E-state index in [0.29, 0.717) is 12.1 Å². The Morgan fingerprint density at radius 3 is 2.30 bits per heavy atom. The molecule has 1 heterocycles. The second-order valence-electron chi connectivity index (χ2n) is 5.70. The van der Waals surface area contributed by atoms with Crippen molar-refractivity contribution in [2.75, 3.05) is 6.26 Å². The highest BCUT2D eigenvalue weighted by molar-refractivity contribution is 7.89.